The van der Waals surface area contributed by atoms with E-state index < -0.39 is 0 Å². The van der Waals surface area contributed by atoms with Gasteiger partial charge in [-0.15, -0.1) is 0 Å². The molecule has 0 atom stereocenters. The molecule has 2 N–H and O–H groups in total. The Morgan fingerprint density at radius 2 is 0.754 bits per heavy atom. The number of Topliss-reactive ketones (excluding diaryl/α,β-unsaturated/α-hetero) is 6. The number of nitrogens with two attached hydrogens (primary N) is 1. The highest BCUT2D eigenvalue weighted by molar-refractivity contribution is 6.34. The predicted molar refractivity (Wildman–Crippen MR) is 227 cm³/mol. The second-order valence-electron chi connectivity index (χ2n) is 13.5. The smallest absolute Gasteiger partial charge is 0.168 e. The van der Waals surface area contributed by atoms with Crippen LogP contribution >= 0.6 is 11.6 Å². The van der Waals surface area contributed by atoms with Crippen LogP contribution in [0.4, 0.5) is 5.69 Å². The van der Waals surface area contributed by atoms with Crippen molar-refractivity contribution in [3.8, 4) is 0 Å². The van der Waals surface area contributed by atoms with Crippen LogP contribution in [0.3, 0.4) is 0 Å². The fourth-order valence-corrected chi connectivity index (χ4v) is 5.90. The number of anilines is 1. The summed E-state index contributed by atoms with van der Waals surface area (Å²) >= 11 is 5.99. The molecule has 0 aliphatic heterocycles. The van der Waals surface area contributed by atoms with Crippen molar-refractivity contribution < 1.29 is 28.8 Å². The van der Waals surface area contributed by atoms with Crippen molar-refractivity contribution in [3.63, 3.8) is 0 Å². The number of hydrogen-bond donors (Lipinski definition) is 1. The number of ketones is 6. The maximum absolute atomic E-state index is 12.2. The molecule has 0 fully saturated rings. The topological polar surface area (TPSA) is 128 Å². The van der Waals surface area contributed by atoms with Gasteiger partial charge in [-0.05, 0) is 86.3 Å². The Kier molecular flexibility index (Phi) is 15.8. The fraction of sp³-hybridized carbons (Fsp3) is 0.143. The Labute approximate surface area is 338 Å². The van der Waals surface area contributed by atoms with Gasteiger partial charge in [0, 0.05) is 58.3 Å². The van der Waals surface area contributed by atoms with Crippen LogP contribution in [-0.4, -0.2) is 34.7 Å². The van der Waals surface area contributed by atoms with Gasteiger partial charge in [-0.25, -0.2) is 0 Å². The third-order valence-electron chi connectivity index (χ3n) is 9.03. The molecular weight excluding hydrogens is 734 g/mol. The molecule has 0 heterocycles. The molecule has 0 saturated heterocycles. The van der Waals surface area contributed by atoms with E-state index in [1.165, 1.54) is 20.8 Å². The van der Waals surface area contributed by atoms with Gasteiger partial charge in [-0.1, -0.05) is 121 Å². The van der Waals surface area contributed by atoms with Crippen LogP contribution in [0.5, 0.6) is 0 Å². The minimum atomic E-state index is -0.0267. The van der Waals surface area contributed by atoms with E-state index in [2.05, 4.69) is 0 Å². The molecule has 0 aliphatic carbocycles. The number of benzene rings is 6. The van der Waals surface area contributed by atoms with Crippen molar-refractivity contribution >= 4 is 52.0 Å². The molecule has 0 radical (unpaired) electrons. The quantitative estimate of drug-likeness (QED) is 0.0967. The maximum atomic E-state index is 12.2. The lowest BCUT2D eigenvalue weighted by Gasteiger charge is -2.05. The molecule has 6 aromatic carbocycles. The second-order valence-corrected chi connectivity index (χ2v) is 13.9. The summed E-state index contributed by atoms with van der Waals surface area (Å²) in [5.74, 6) is 0.197. The number of halogens is 1. The molecule has 0 aliphatic rings. The molecule has 0 bridgehead atoms. The fourth-order valence-electron chi connectivity index (χ4n) is 5.66. The average molecular weight is 778 g/mol. The first-order valence-corrected chi connectivity index (χ1v) is 18.6. The molecule has 0 saturated carbocycles. The molecule has 7 nitrogen and oxygen atoms in total. The average Bonchev–Trinajstić information content (AvgIpc) is 3.19. The summed E-state index contributed by atoms with van der Waals surface area (Å²) in [5.41, 5.74) is 13.8. The van der Waals surface area contributed by atoms with Crippen molar-refractivity contribution in [3.05, 3.63) is 206 Å². The molecule has 0 aromatic heterocycles. The molecule has 288 valence electrons. The van der Waals surface area contributed by atoms with Crippen LogP contribution in [0.15, 0.2) is 146 Å². The van der Waals surface area contributed by atoms with Crippen molar-refractivity contribution in [2.75, 3.05) is 5.73 Å². The molecule has 6 rings (SSSR count). The van der Waals surface area contributed by atoms with Gasteiger partial charge in [0.05, 0.1) is 5.02 Å². The van der Waals surface area contributed by atoms with Gasteiger partial charge in [-0.3, -0.25) is 28.8 Å². The maximum Gasteiger partial charge on any atom is 0.168 e. The Hall–Kier alpha value is -6.57. The number of nitrogen functional groups attached to an aromatic ring is 1. The summed E-state index contributed by atoms with van der Waals surface area (Å²) in [6.45, 7) is 6.51. The first-order valence-electron chi connectivity index (χ1n) is 18.3. The second kappa shape index (κ2) is 20.9. The zero-order valence-electron chi connectivity index (χ0n) is 32.4. The third-order valence-corrected chi connectivity index (χ3v) is 9.36. The first kappa shape index (κ1) is 43.2. The summed E-state index contributed by atoms with van der Waals surface area (Å²) in [5, 5.41) is 0.466. The highest BCUT2D eigenvalue weighted by Crippen LogP contribution is 2.18. The number of carbonyl (C=O) groups excluding carboxylic acids is 6. The van der Waals surface area contributed by atoms with E-state index >= 15 is 0 Å². The lowest BCUT2D eigenvalue weighted by molar-refractivity contribution is 0.0984. The Morgan fingerprint density at radius 3 is 1.14 bits per heavy atom. The van der Waals surface area contributed by atoms with Gasteiger partial charge in [0.2, 0.25) is 0 Å². The van der Waals surface area contributed by atoms with Gasteiger partial charge >= 0.3 is 0 Å². The van der Waals surface area contributed by atoms with Gasteiger partial charge in [-0.2, -0.15) is 0 Å². The summed E-state index contributed by atoms with van der Waals surface area (Å²) in [7, 11) is 0. The van der Waals surface area contributed by atoms with E-state index in [9.17, 15) is 28.8 Å². The summed E-state index contributed by atoms with van der Waals surface area (Å²) < 4.78 is 0. The van der Waals surface area contributed by atoms with E-state index in [-0.39, 0.29) is 41.1 Å². The molecule has 0 amide bonds. The highest BCUT2D eigenvalue weighted by Gasteiger charge is 2.12. The zero-order valence-corrected chi connectivity index (χ0v) is 33.1. The van der Waals surface area contributed by atoms with Crippen LogP contribution in [0.1, 0.15) is 105 Å². The zero-order chi connectivity index (χ0) is 41.5. The van der Waals surface area contributed by atoms with Crippen LogP contribution in [-0.2, 0) is 19.3 Å². The Balaban J connectivity index is 0.000000189. The van der Waals surface area contributed by atoms with Crippen molar-refractivity contribution in [1.29, 1.82) is 0 Å². The Bertz CT molecular complexity index is 2250. The Morgan fingerprint density at radius 1 is 0.421 bits per heavy atom. The molecule has 0 unspecified atom stereocenters. The minimum Gasteiger partial charge on any atom is -0.399 e. The molecule has 0 spiro atoms. The molecular formula is C49H44ClNO6. The lowest BCUT2D eigenvalue weighted by atomic mass is 9.98. The van der Waals surface area contributed by atoms with Gasteiger partial charge in [0.25, 0.3) is 0 Å². The summed E-state index contributed by atoms with van der Waals surface area (Å²) in [6.07, 6.45) is 0.965. The van der Waals surface area contributed by atoms with Crippen LogP contribution < -0.4 is 5.73 Å². The van der Waals surface area contributed by atoms with Crippen LogP contribution in [0.2, 0.25) is 5.02 Å². The van der Waals surface area contributed by atoms with Crippen LogP contribution in [0, 0.1) is 6.92 Å². The monoisotopic (exact) mass is 777 g/mol. The third kappa shape index (κ3) is 13.3. The lowest BCUT2D eigenvalue weighted by Crippen LogP contribution is -2.05. The largest absolute Gasteiger partial charge is 0.399 e. The van der Waals surface area contributed by atoms with E-state index in [4.69, 9.17) is 17.3 Å². The minimum absolute atomic E-state index is 0.0176. The van der Waals surface area contributed by atoms with E-state index in [0.717, 1.165) is 27.8 Å². The van der Waals surface area contributed by atoms with Gasteiger partial charge in [0.1, 0.15) is 0 Å². The number of carbonyl (C=O) groups is 6. The number of hydrogen-bond acceptors (Lipinski definition) is 7. The van der Waals surface area contributed by atoms with Gasteiger partial charge < -0.3 is 5.73 Å². The first-order chi connectivity index (χ1) is 27.2. The molecule has 8 heteroatoms. The standard InChI is InChI=1S/C17H16O2.C16H13ClO2.C16H15NO2/c1-12-5-3-4-6-16(12)17(19)11-14-7-9-15(10-8-14)13(2)18;1-11(18)13-8-6-12(7-9-13)10-16(19)14-4-2-3-5-15(14)17;1-11(18)13-4-2-12(3-5-13)10-16(19)14-6-8-15(17)9-7-14/h3-10H,11H2,1-2H3;2-9H,10H2,1H3;2-9H,10,17H2,1H3. The number of rotatable bonds is 12. The number of aryl methyl sites for hydroxylation is 1. The van der Waals surface area contributed by atoms with E-state index in [1.54, 1.807) is 97.1 Å². The van der Waals surface area contributed by atoms with E-state index in [1.807, 2.05) is 55.5 Å². The van der Waals surface area contributed by atoms with Crippen LogP contribution in [0.25, 0.3) is 0 Å². The molecule has 6 aromatic rings. The summed E-state index contributed by atoms with van der Waals surface area (Å²) in [4.78, 5) is 69.8. The highest BCUT2D eigenvalue weighted by atomic mass is 35.5. The SMILES string of the molecule is CC(=O)c1ccc(CC(=O)c2ccc(N)cc2)cc1.CC(=O)c1ccc(CC(=O)c2ccccc2C)cc1.CC(=O)c1ccc(CC(=O)c2ccccc2Cl)cc1. The molecule has 57 heavy (non-hydrogen) atoms. The van der Waals surface area contributed by atoms with Crippen molar-refractivity contribution in [2.45, 2.75) is 47.0 Å². The predicted octanol–water partition coefficient (Wildman–Crippen LogP) is 10.5. The van der Waals surface area contributed by atoms with Crippen molar-refractivity contribution in [2.24, 2.45) is 0 Å². The van der Waals surface area contributed by atoms with Gasteiger partial charge in [0.15, 0.2) is 34.7 Å². The normalized spacial score (nSPS) is 10.2. The van der Waals surface area contributed by atoms with Crippen molar-refractivity contribution in [1.82, 2.24) is 0 Å². The summed E-state index contributed by atoms with van der Waals surface area (Å²) in [6, 6.07) is 42.8. The van der Waals surface area contributed by atoms with E-state index in [0.29, 0.717) is 51.4 Å².